The molecule has 380 valence electrons. The lowest BCUT2D eigenvalue weighted by Crippen LogP contribution is -2.51. The molecule has 1 fully saturated rings. The smallest absolute Gasteiger partial charge is 0.416 e. The first-order valence-corrected chi connectivity index (χ1v) is 23.8. The molecule has 4 amide bonds. The average molecular weight is 977 g/mol. The monoisotopic (exact) mass is 976 g/mol. The van der Waals surface area contributed by atoms with Crippen LogP contribution in [0.2, 0.25) is 0 Å². The summed E-state index contributed by atoms with van der Waals surface area (Å²) < 4.78 is 67.7. The normalized spacial score (nSPS) is 13.0. The number of ether oxygens (including phenoxy) is 5. The SMILES string of the molecule is CCN(CC)c1ccc(NC(=O)c2cccc(CCCOCCOCCOCCOCCC(=O)N3CCN(C(=O)OC(C)(C)C)CC3)c2)c(-c2cc(C(=O)NCc3cccc(C(F)(F)F)c3)ccn2)c1. The molecule has 1 aliphatic rings. The van der Waals surface area contributed by atoms with Gasteiger partial charge in [0.1, 0.15) is 5.60 Å². The molecule has 0 saturated carbocycles. The van der Waals surface area contributed by atoms with Gasteiger partial charge in [-0.15, -0.1) is 0 Å². The van der Waals surface area contributed by atoms with Gasteiger partial charge < -0.3 is 49.0 Å². The highest BCUT2D eigenvalue weighted by Gasteiger charge is 2.31. The molecule has 15 nitrogen and oxygen atoms in total. The lowest BCUT2D eigenvalue weighted by molar-refractivity contribution is -0.137. The van der Waals surface area contributed by atoms with Gasteiger partial charge in [0.15, 0.2) is 0 Å². The Labute approximate surface area is 408 Å². The van der Waals surface area contributed by atoms with Crippen LogP contribution >= 0.6 is 0 Å². The molecule has 3 aromatic carbocycles. The lowest BCUT2D eigenvalue weighted by atomic mass is 10.0. The summed E-state index contributed by atoms with van der Waals surface area (Å²) >= 11 is 0. The molecular formula is C52H67F3N6O9. The zero-order valence-electron chi connectivity index (χ0n) is 40.9. The Kier molecular flexibility index (Phi) is 21.4. The van der Waals surface area contributed by atoms with Crippen molar-refractivity contribution in [1.29, 1.82) is 0 Å². The topological polar surface area (TPSA) is 161 Å². The van der Waals surface area contributed by atoms with Gasteiger partial charge in [-0.1, -0.05) is 24.3 Å². The molecule has 1 aliphatic heterocycles. The van der Waals surface area contributed by atoms with Crippen LogP contribution < -0.4 is 15.5 Å². The second kappa shape index (κ2) is 27.3. The molecule has 0 bridgehead atoms. The zero-order chi connectivity index (χ0) is 50.5. The number of pyridine rings is 1. The van der Waals surface area contributed by atoms with Gasteiger partial charge in [0.2, 0.25) is 5.91 Å². The Balaban J connectivity index is 0.987. The predicted octanol–water partition coefficient (Wildman–Crippen LogP) is 8.26. The van der Waals surface area contributed by atoms with Gasteiger partial charge in [-0.2, -0.15) is 13.2 Å². The van der Waals surface area contributed by atoms with Gasteiger partial charge >= 0.3 is 12.3 Å². The number of aromatic nitrogens is 1. The fourth-order valence-corrected chi connectivity index (χ4v) is 7.48. The molecule has 70 heavy (non-hydrogen) atoms. The van der Waals surface area contributed by atoms with E-state index in [2.05, 4.69) is 20.5 Å². The van der Waals surface area contributed by atoms with Crippen LogP contribution in [0.25, 0.3) is 11.3 Å². The second-order valence-electron chi connectivity index (χ2n) is 17.5. The van der Waals surface area contributed by atoms with Crippen molar-refractivity contribution >= 4 is 35.2 Å². The molecule has 0 aliphatic carbocycles. The summed E-state index contributed by atoms with van der Waals surface area (Å²) in [4.78, 5) is 61.8. The summed E-state index contributed by atoms with van der Waals surface area (Å²) in [5.41, 5.74) is 3.06. The molecule has 2 heterocycles. The van der Waals surface area contributed by atoms with Crippen molar-refractivity contribution in [2.45, 2.75) is 72.2 Å². The van der Waals surface area contributed by atoms with Gasteiger partial charge in [-0.05, 0) is 113 Å². The summed E-state index contributed by atoms with van der Waals surface area (Å²) in [5, 5.41) is 5.74. The number of carbonyl (C=O) groups is 4. The number of hydrogen-bond donors (Lipinski definition) is 2. The van der Waals surface area contributed by atoms with E-state index in [0.29, 0.717) is 114 Å². The molecular weight excluding hydrogens is 910 g/mol. The van der Waals surface area contributed by atoms with Crippen molar-refractivity contribution in [2.24, 2.45) is 0 Å². The maximum Gasteiger partial charge on any atom is 0.416 e. The number of anilines is 2. The summed E-state index contributed by atoms with van der Waals surface area (Å²) in [5.74, 6) is -0.819. The average Bonchev–Trinajstić information content (AvgIpc) is 3.34. The highest BCUT2D eigenvalue weighted by Crippen LogP contribution is 2.33. The number of hydrogen-bond acceptors (Lipinski definition) is 11. The summed E-state index contributed by atoms with van der Waals surface area (Å²) in [7, 11) is 0. The van der Waals surface area contributed by atoms with Crippen LogP contribution in [0, 0.1) is 0 Å². The highest BCUT2D eigenvalue weighted by atomic mass is 19.4. The van der Waals surface area contributed by atoms with Crippen molar-refractivity contribution in [3.8, 4) is 11.3 Å². The van der Waals surface area contributed by atoms with Crippen LogP contribution in [0.5, 0.6) is 0 Å². The quantitative estimate of drug-likeness (QED) is 0.0616. The van der Waals surface area contributed by atoms with Crippen LogP contribution in [0.15, 0.2) is 85.1 Å². The van der Waals surface area contributed by atoms with E-state index in [1.807, 2.05) is 71.0 Å². The van der Waals surface area contributed by atoms with Crippen molar-refractivity contribution in [1.82, 2.24) is 20.1 Å². The van der Waals surface area contributed by atoms with Gasteiger partial charge in [0.25, 0.3) is 11.8 Å². The summed E-state index contributed by atoms with van der Waals surface area (Å²) in [6, 6.07) is 21.0. The molecule has 18 heteroatoms. The van der Waals surface area contributed by atoms with Crippen molar-refractivity contribution in [3.05, 3.63) is 113 Å². The van der Waals surface area contributed by atoms with E-state index in [0.717, 1.165) is 42.9 Å². The maximum absolute atomic E-state index is 13.7. The Hall–Kier alpha value is -6.08. The molecule has 1 saturated heterocycles. The number of amides is 4. The predicted molar refractivity (Wildman–Crippen MR) is 261 cm³/mol. The Morgan fingerprint density at radius 2 is 1.30 bits per heavy atom. The number of nitrogens with zero attached hydrogens (tertiary/aromatic N) is 4. The Bertz CT molecular complexity index is 2310. The Morgan fingerprint density at radius 3 is 1.96 bits per heavy atom. The number of nitrogens with one attached hydrogen (secondary N) is 2. The van der Waals surface area contributed by atoms with Crippen molar-refractivity contribution < 1.29 is 56.0 Å². The molecule has 0 radical (unpaired) electrons. The van der Waals surface area contributed by atoms with E-state index in [4.69, 9.17) is 23.7 Å². The van der Waals surface area contributed by atoms with Gasteiger partial charge in [-0.25, -0.2) is 4.79 Å². The number of aryl methyl sites for hydroxylation is 1. The number of rotatable bonds is 25. The van der Waals surface area contributed by atoms with E-state index >= 15 is 0 Å². The third kappa shape index (κ3) is 18.0. The summed E-state index contributed by atoms with van der Waals surface area (Å²) in [6.45, 7) is 15.9. The first kappa shape index (κ1) is 54.9. The fraction of sp³-hybridized carbons (Fsp3) is 0.481. The van der Waals surface area contributed by atoms with E-state index in [1.54, 1.807) is 21.9 Å². The molecule has 5 rings (SSSR count). The summed E-state index contributed by atoms with van der Waals surface area (Å²) in [6.07, 6.45) is -1.69. The maximum atomic E-state index is 13.7. The fourth-order valence-electron chi connectivity index (χ4n) is 7.48. The largest absolute Gasteiger partial charge is 0.444 e. The van der Waals surface area contributed by atoms with E-state index in [-0.39, 0.29) is 36.4 Å². The van der Waals surface area contributed by atoms with Crippen LogP contribution in [0.3, 0.4) is 0 Å². The molecule has 0 spiro atoms. The minimum absolute atomic E-state index is 0.00695. The number of carbonyl (C=O) groups excluding carboxylic acids is 4. The van der Waals surface area contributed by atoms with Gasteiger partial charge in [0, 0.05) is 81.0 Å². The number of halogens is 3. The number of piperazine rings is 1. The standard InChI is InChI=1S/C52H67F3N6O9/c1-6-59(7-2)43-16-17-45(44(36-43)46-35-41(18-20-56-46)48(63)57-37-39-12-9-15-42(34-39)52(53,54)55)58-49(64)40-14-8-11-38(33-40)13-10-25-66-27-29-68-31-32-69-30-28-67-26-19-47(62)60-21-23-61(24-22-60)50(65)70-51(3,4)5/h8-9,11-12,14-18,20,33-36H,6-7,10,13,19,21-32,37H2,1-5H3,(H,57,63)(H,58,64). The van der Waals surface area contributed by atoms with Crippen LogP contribution in [-0.2, 0) is 47.6 Å². The van der Waals surface area contributed by atoms with Crippen LogP contribution in [0.1, 0.15) is 84.9 Å². The van der Waals surface area contributed by atoms with Crippen molar-refractivity contribution in [2.75, 3.05) is 102 Å². The first-order valence-electron chi connectivity index (χ1n) is 23.8. The van der Waals surface area contributed by atoms with Crippen molar-refractivity contribution in [3.63, 3.8) is 0 Å². The highest BCUT2D eigenvalue weighted by molar-refractivity contribution is 6.06. The van der Waals surface area contributed by atoms with Crippen LogP contribution in [-0.4, -0.2) is 136 Å². The number of benzene rings is 3. The third-order valence-electron chi connectivity index (χ3n) is 11.2. The molecule has 1 aromatic heterocycles. The zero-order valence-corrected chi connectivity index (χ0v) is 40.9. The number of alkyl halides is 3. The van der Waals surface area contributed by atoms with Gasteiger partial charge in [0.05, 0.1) is 69.6 Å². The van der Waals surface area contributed by atoms with E-state index in [9.17, 15) is 32.3 Å². The molecule has 0 atom stereocenters. The molecule has 4 aromatic rings. The second-order valence-corrected chi connectivity index (χ2v) is 17.5. The van der Waals surface area contributed by atoms with Crippen LogP contribution in [0.4, 0.5) is 29.3 Å². The van der Waals surface area contributed by atoms with E-state index in [1.165, 1.54) is 24.4 Å². The lowest BCUT2D eigenvalue weighted by Gasteiger charge is -2.35. The minimum Gasteiger partial charge on any atom is -0.444 e. The minimum atomic E-state index is -4.50. The van der Waals surface area contributed by atoms with Gasteiger partial charge in [-0.3, -0.25) is 19.4 Å². The third-order valence-corrected chi connectivity index (χ3v) is 11.2. The first-order chi connectivity index (χ1) is 33.5. The molecule has 0 unspecified atom stereocenters. The molecule has 2 N–H and O–H groups in total. The Morgan fingerprint density at radius 1 is 0.686 bits per heavy atom. The van der Waals surface area contributed by atoms with E-state index < -0.39 is 23.2 Å².